The van der Waals surface area contributed by atoms with Gasteiger partial charge in [0.1, 0.15) is 10.8 Å². The molecular weight excluding hydrogens is 370 g/mol. The third-order valence-corrected chi connectivity index (χ3v) is 5.37. The standard InChI is InChI=1S/C19H27N3O2S.ClH/c1-11(2)10-16(20)18(23)21-12(3)17-13(4)22-19(25-17)14-6-8-15(24-5)9-7-14;/h6-9,11-12,16H,10,20H2,1-5H3,(H,21,23);1H/t12?,16-;/m0./s1. The number of thiazole rings is 1. The Kier molecular flexibility index (Phi) is 8.53. The van der Waals surface area contributed by atoms with Crippen LogP contribution < -0.4 is 15.8 Å². The Morgan fingerprint density at radius 3 is 2.42 bits per heavy atom. The number of methoxy groups -OCH3 is 1. The van der Waals surface area contributed by atoms with Gasteiger partial charge in [-0.05, 0) is 50.5 Å². The first-order chi connectivity index (χ1) is 11.8. The molecule has 0 aliphatic carbocycles. The van der Waals surface area contributed by atoms with E-state index in [4.69, 9.17) is 10.5 Å². The van der Waals surface area contributed by atoms with Gasteiger partial charge < -0.3 is 15.8 Å². The lowest BCUT2D eigenvalue weighted by Crippen LogP contribution is -2.42. The number of ether oxygens (including phenoxy) is 1. The molecule has 1 unspecified atom stereocenters. The van der Waals surface area contributed by atoms with Gasteiger partial charge in [-0.25, -0.2) is 4.98 Å². The van der Waals surface area contributed by atoms with Crippen LogP contribution >= 0.6 is 23.7 Å². The molecule has 26 heavy (non-hydrogen) atoms. The van der Waals surface area contributed by atoms with E-state index in [0.717, 1.165) is 26.9 Å². The molecule has 1 amide bonds. The Labute approximate surface area is 165 Å². The van der Waals surface area contributed by atoms with Crippen molar-refractivity contribution in [2.75, 3.05) is 7.11 Å². The van der Waals surface area contributed by atoms with Gasteiger partial charge in [-0.3, -0.25) is 4.79 Å². The maximum atomic E-state index is 12.3. The van der Waals surface area contributed by atoms with E-state index in [1.54, 1.807) is 18.4 Å². The highest BCUT2D eigenvalue weighted by Crippen LogP contribution is 2.32. The van der Waals surface area contributed by atoms with Gasteiger partial charge in [0, 0.05) is 5.56 Å². The fourth-order valence-electron chi connectivity index (χ4n) is 2.67. The molecule has 0 fully saturated rings. The fourth-order valence-corrected chi connectivity index (χ4v) is 3.74. The topological polar surface area (TPSA) is 77.2 Å². The Balaban J connectivity index is 0.00000338. The number of amides is 1. The summed E-state index contributed by atoms with van der Waals surface area (Å²) in [7, 11) is 1.65. The summed E-state index contributed by atoms with van der Waals surface area (Å²) < 4.78 is 5.19. The lowest BCUT2D eigenvalue weighted by molar-refractivity contribution is -0.123. The molecule has 2 aromatic rings. The van der Waals surface area contributed by atoms with E-state index in [2.05, 4.69) is 24.1 Å². The second kappa shape index (κ2) is 9.90. The summed E-state index contributed by atoms with van der Waals surface area (Å²) in [4.78, 5) is 18.0. The van der Waals surface area contributed by atoms with E-state index < -0.39 is 6.04 Å². The van der Waals surface area contributed by atoms with E-state index in [0.29, 0.717) is 12.3 Å². The SMILES string of the molecule is COc1ccc(-c2nc(C)c(C(C)NC(=O)[C@@H](N)CC(C)C)s2)cc1.Cl. The van der Waals surface area contributed by atoms with Crippen LogP contribution in [-0.4, -0.2) is 24.0 Å². The summed E-state index contributed by atoms with van der Waals surface area (Å²) in [5.74, 6) is 1.10. The molecule has 1 aromatic carbocycles. The summed E-state index contributed by atoms with van der Waals surface area (Å²) in [6, 6.07) is 7.22. The van der Waals surface area contributed by atoms with Crippen molar-refractivity contribution in [1.82, 2.24) is 10.3 Å². The van der Waals surface area contributed by atoms with Gasteiger partial charge in [0.15, 0.2) is 0 Å². The molecule has 2 rings (SSSR count). The quantitative estimate of drug-likeness (QED) is 0.737. The fraction of sp³-hybridized carbons (Fsp3) is 0.474. The average molecular weight is 398 g/mol. The van der Waals surface area contributed by atoms with Crippen molar-refractivity contribution < 1.29 is 9.53 Å². The predicted molar refractivity (Wildman–Crippen MR) is 110 cm³/mol. The zero-order valence-electron chi connectivity index (χ0n) is 15.9. The predicted octanol–water partition coefficient (Wildman–Crippen LogP) is 4.10. The first kappa shape index (κ1) is 22.4. The van der Waals surface area contributed by atoms with E-state index in [1.807, 2.05) is 38.1 Å². The van der Waals surface area contributed by atoms with Gasteiger partial charge in [-0.2, -0.15) is 0 Å². The maximum Gasteiger partial charge on any atom is 0.237 e. The number of carbonyl (C=O) groups excluding carboxylic acids is 1. The molecule has 5 nitrogen and oxygen atoms in total. The number of rotatable bonds is 7. The van der Waals surface area contributed by atoms with Crippen LogP contribution in [0.4, 0.5) is 0 Å². The Bertz CT molecular complexity index is 716. The minimum atomic E-state index is -0.475. The maximum absolute atomic E-state index is 12.3. The third kappa shape index (κ3) is 5.69. The molecule has 0 aliphatic heterocycles. The lowest BCUT2D eigenvalue weighted by Gasteiger charge is -2.18. The Hall–Kier alpha value is -1.63. The third-order valence-electron chi connectivity index (χ3n) is 3.98. The van der Waals surface area contributed by atoms with Crippen molar-refractivity contribution in [2.24, 2.45) is 11.7 Å². The van der Waals surface area contributed by atoms with Crippen molar-refractivity contribution in [1.29, 1.82) is 0 Å². The number of hydrogen-bond donors (Lipinski definition) is 2. The van der Waals surface area contributed by atoms with Crippen molar-refractivity contribution >= 4 is 29.7 Å². The minimum absolute atomic E-state index is 0. The number of benzene rings is 1. The smallest absolute Gasteiger partial charge is 0.237 e. The van der Waals surface area contributed by atoms with Crippen molar-refractivity contribution in [3.05, 3.63) is 34.8 Å². The second-order valence-corrected chi connectivity index (χ2v) is 7.69. The highest BCUT2D eigenvalue weighted by molar-refractivity contribution is 7.15. The molecule has 0 radical (unpaired) electrons. The summed E-state index contributed by atoms with van der Waals surface area (Å²) in [5.41, 5.74) is 7.94. The molecule has 0 saturated heterocycles. The molecule has 144 valence electrons. The van der Waals surface area contributed by atoms with Crippen molar-refractivity contribution in [2.45, 2.75) is 46.2 Å². The van der Waals surface area contributed by atoms with Crippen LogP contribution in [0, 0.1) is 12.8 Å². The zero-order valence-corrected chi connectivity index (χ0v) is 17.5. The van der Waals surface area contributed by atoms with Gasteiger partial charge in [-0.15, -0.1) is 23.7 Å². The van der Waals surface area contributed by atoms with E-state index in [-0.39, 0.29) is 24.4 Å². The van der Waals surface area contributed by atoms with E-state index >= 15 is 0 Å². The summed E-state index contributed by atoms with van der Waals surface area (Å²) in [6.07, 6.45) is 0.678. The summed E-state index contributed by atoms with van der Waals surface area (Å²) >= 11 is 1.59. The number of aromatic nitrogens is 1. The van der Waals surface area contributed by atoms with E-state index in [1.165, 1.54) is 0 Å². The number of nitrogens with two attached hydrogens (primary N) is 1. The first-order valence-corrected chi connectivity index (χ1v) is 9.31. The summed E-state index contributed by atoms with van der Waals surface area (Å²) in [6.45, 7) is 8.06. The van der Waals surface area contributed by atoms with Crippen molar-refractivity contribution in [3.8, 4) is 16.3 Å². The van der Waals surface area contributed by atoms with Crippen LogP contribution in [0.3, 0.4) is 0 Å². The monoisotopic (exact) mass is 397 g/mol. The molecule has 0 spiro atoms. The molecule has 3 N–H and O–H groups in total. The summed E-state index contributed by atoms with van der Waals surface area (Å²) in [5, 5.41) is 3.94. The molecule has 1 heterocycles. The van der Waals surface area contributed by atoms with Crippen LogP contribution in [0.2, 0.25) is 0 Å². The number of halogens is 1. The Morgan fingerprint density at radius 1 is 1.27 bits per heavy atom. The van der Waals surface area contributed by atoms with Crippen LogP contribution in [0.1, 0.15) is 43.8 Å². The molecule has 0 bridgehead atoms. The Morgan fingerprint density at radius 2 is 1.88 bits per heavy atom. The average Bonchev–Trinajstić information content (AvgIpc) is 2.96. The van der Waals surface area contributed by atoms with Gasteiger partial charge in [-0.1, -0.05) is 13.8 Å². The van der Waals surface area contributed by atoms with Crippen LogP contribution in [0.15, 0.2) is 24.3 Å². The number of carbonyl (C=O) groups is 1. The minimum Gasteiger partial charge on any atom is -0.497 e. The molecule has 0 aliphatic rings. The van der Waals surface area contributed by atoms with Crippen LogP contribution in [-0.2, 0) is 4.79 Å². The normalized spacial score (nSPS) is 13.0. The molecule has 7 heteroatoms. The first-order valence-electron chi connectivity index (χ1n) is 8.49. The number of aryl methyl sites for hydroxylation is 1. The van der Waals surface area contributed by atoms with Gasteiger partial charge in [0.2, 0.25) is 5.91 Å². The number of hydrogen-bond acceptors (Lipinski definition) is 5. The van der Waals surface area contributed by atoms with E-state index in [9.17, 15) is 4.79 Å². The zero-order chi connectivity index (χ0) is 18.6. The lowest BCUT2D eigenvalue weighted by atomic mass is 10.0. The molecule has 2 atom stereocenters. The second-order valence-electron chi connectivity index (χ2n) is 6.66. The van der Waals surface area contributed by atoms with Crippen LogP contribution in [0.25, 0.3) is 10.6 Å². The highest BCUT2D eigenvalue weighted by atomic mass is 35.5. The number of nitrogens with one attached hydrogen (secondary N) is 1. The molecule has 1 aromatic heterocycles. The largest absolute Gasteiger partial charge is 0.497 e. The molecule has 0 saturated carbocycles. The highest BCUT2D eigenvalue weighted by Gasteiger charge is 2.21. The van der Waals surface area contributed by atoms with Gasteiger partial charge in [0.25, 0.3) is 0 Å². The molecular formula is C19H28ClN3O2S. The van der Waals surface area contributed by atoms with Crippen LogP contribution in [0.5, 0.6) is 5.75 Å². The number of nitrogens with zero attached hydrogens (tertiary/aromatic N) is 1. The van der Waals surface area contributed by atoms with Crippen molar-refractivity contribution in [3.63, 3.8) is 0 Å². The van der Waals surface area contributed by atoms with Gasteiger partial charge >= 0.3 is 0 Å². The van der Waals surface area contributed by atoms with Gasteiger partial charge in [0.05, 0.1) is 29.8 Å².